The summed E-state index contributed by atoms with van der Waals surface area (Å²) in [4.78, 5) is 0. The van der Waals surface area contributed by atoms with Crippen LogP contribution < -0.4 is 11.5 Å². The van der Waals surface area contributed by atoms with Crippen molar-refractivity contribution in [1.29, 1.82) is 0 Å². The summed E-state index contributed by atoms with van der Waals surface area (Å²) in [6.07, 6.45) is 31.3. The minimum absolute atomic E-state index is 0.723. The van der Waals surface area contributed by atoms with Gasteiger partial charge in [0.05, 0.1) is 0 Å². The predicted octanol–water partition coefficient (Wildman–Crippen LogP) is 11.5. The zero-order valence-electron chi connectivity index (χ0n) is 31.0. The van der Waals surface area contributed by atoms with E-state index in [1.807, 2.05) is 0 Å². The number of rotatable bonds is 29. The molecule has 0 atom stereocenters. The van der Waals surface area contributed by atoms with Gasteiger partial charge in [0, 0.05) is 13.2 Å². The summed E-state index contributed by atoms with van der Waals surface area (Å²) in [6, 6.07) is 13.8. The lowest BCUT2D eigenvalue weighted by Gasteiger charge is -2.11. The smallest absolute Gasteiger partial charge is 0.0469 e. The third-order valence-corrected chi connectivity index (χ3v) is 9.16. The summed E-state index contributed by atoms with van der Waals surface area (Å²) in [7, 11) is 0. The van der Waals surface area contributed by atoms with Crippen LogP contribution in [0.5, 0.6) is 0 Å². The van der Waals surface area contributed by atoms with E-state index in [0.717, 1.165) is 95.2 Å². The first-order valence-electron chi connectivity index (χ1n) is 19.4. The first-order chi connectivity index (χ1) is 23.5. The van der Waals surface area contributed by atoms with Gasteiger partial charge in [0.15, 0.2) is 0 Å². The fraction of sp³-hybridized carbons (Fsp3) is 0.556. The summed E-state index contributed by atoms with van der Waals surface area (Å²) >= 11 is 0. The van der Waals surface area contributed by atoms with Gasteiger partial charge in [0.1, 0.15) is 0 Å². The van der Waals surface area contributed by atoms with Crippen LogP contribution in [0.1, 0.15) is 144 Å². The van der Waals surface area contributed by atoms with E-state index in [4.69, 9.17) is 16.2 Å². The van der Waals surface area contributed by atoms with E-state index in [0.29, 0.717) is 0 Å². The van der Waals surface area contributed by atoms with Gasteiger partial charge in [-0.2, -0.15) is 0 Å². The van der Waals surface area contributed by atoms with Crippen LogP contribution in [-0.4, -0.2) is 26.3 Å². The third-order valence-electron chi connectivity index (χ3n) is 9.16. The second-order valence-corrected chi connectivity index (χ2v) is 13.6. The van der Waals surface area contributed by atoms with Crippen molar-refractivity contribution in [3.8, 4) is 0 Å². The summed E-state index contributed by atoms with van der Waals surface area (Å²) in [5.74, 6) is 0. The Kier molecular flexibility index (Phi) is 23.4. The summed E-state index contributed by atoms with van der Waals surface area (Å²) in [6.45, 7) is 16.4. The number of benzene rings is 2. The van der Waals surface area contributed by atoms with Crippen LogP contribution in [0.25, 0.3) is 12.2 Å². The van der Waals surface area contributed by atoms with E-state index in [-0.39, 0.29) is 0 Å². The number of nitrogens with two attached hydrogens (primary N) is 2. The number of hydrogen-bond donors (Lipinski definition) is 2. The molecule has 0 saturated carbocycles. The van der Waals surface area contributed by atoms with Crippen LogP contribution in [-0.2, 0) is 30.4 Å². The summed E-state index contributed by atoms with van der Waals surface area (Å²) < 4.78 is 5.87. The second-order valence-electron chi connectivity index (χ2n) is 13.6. The average molecular weight is 655 g/mol. The lowest BCUT2D eigenvalue weighted by molar-refractivity contribution is 0.128. The Bertz CT molecular complexity index is 1220. The van der Waals surface area contributed by atoms with Gasteiger partial charge in [-0.15, -0.1) is 0 Å². The van der Waals surface area contributed by atoms with Gasteiger partial charge in [0.25, 0.3) is 0 Å². The Morgan fingerprint density at radius 3 is 1.50 bits per heavy atom. The first kappa shape index (κ1) is 41.5. The van der Waals surface area contributed by atoms with Gasteiger partial charge < -0.3 is 16.2 Å². The van der Waals surface area contributed by atoms with E-state index in [2.05, 4.69) is 87.7 Å². The van der Waals surface area contributed by atoms with Crippen molar-refractivity contribution < 1.29 is 4.74 Å². The molecule has 0 heterocycles. The predicted molar refractivity (Wildman–Crippen MR) is 214 cm³/mol. The minimum Gasteiger partial charge on any atom is -0.381 e. The van der Waals surface area contributed by atoms with E-state index in [1.54, 1.807) is 0 Å². The molecule has 266 valence electrons. The van der Waals surface area contributed by atoms with Crippen molar-refractivity contribution in [3.05, 3.63) is 106 Å². The molecule has 3 heteroatoms. The van der Waals surface area contributed by atoms with Gasteiger partial charge in [-0.1, -0.05) is 157 Å². The van der Waals surface area contributed by atoms with E-state index in [9.17, 15) is 0 Å². The highest BCUT2D eigenvalue weighted by Crippen LogP contribution is 2.22. The van der Waals surface area contributed by atoms with Gasteiger partial charge in [-0.3, -0.25) is 0 Å². The molecule has 0 bridgehead atoms. The Hall–Kier alpha value is -2.72. The molecule has 0 amide bonds. The largest absolute Gasteiger partial charge is 0.381 e. The van der Waals surface area contributed by atoms with Crippen LogP contribution in [0.3, 0.4) is 0 Å². The molecule has 0 saturated heterocycles. The quantitative estimate of drug-likeness (QED) is 0.0678. The molecule has 0 aliphatic heterocycles. The molecule has 0 unspecified atom stereocenters. The maximum Gasteiger partial charge on any atom is 0.0469 e. The van der Waals surface area contributed by atoms with Gasteiger partial charge in [0.2, 0.25) is 0 Å². The van der Waals surface area contributed by atoms with Crippen LogP contribution in [0.4, 0.5) is 0 Å². The molecule has 0 aromatic heterocycles. The molecule has 0 aliphatic carbocycles. The molecule has 3 nitrogen and oxygen atoms in total. The Labute approximate surface area is 296 Å². The zero-order chi connectivity index (χ0) is 34.7. The summed E-state index contributed by atoms with van der Waals surface area (Å²) in [5, 5.41) is 0. The maximum atomic E-state index is 5.87. The second kappa shape index (κ2) is 27.1. The Balaban J connectivity index is 1.93. The molecule has 48 heavy (non-hydrogen) atoms. The van der Waals surface area contributed by atoms with Crippen molar-refractivity contribution in [2.45, 2.75) is 136 Å². The van der Waals surface area contributed by atoms with Gasteiger partial charge in [-0.05, 0) is 111 Å². The number of unbranched alkanes of at least 4 members (excludes halogenated alkanes) is 9. The van der Waals surface area contributed by atoms with Crippen LogP contribution >= 0.6 is 0 Å². The Morgan fingerprint density at radius 2 is 0.979 bits per heavy atom. The highest BCUT2D eigenvalue weighted by Gasteiger charge is 2.06. The summed E-state index contributed by atoms with van der Waals surface area (Å²) in [5.41, 5.74) is 22.0. The van der Waals surface area contributed by atoms with Crippen LogP contribution in [0.2, 0.25) is 0 Å². The fourth-order valence-corrected chi connectivity index (χ4v) is 6.25. The zero-order valence-corrected chi connectivity index (χ0v) is 31.0. The van der Waals surface area contributed by atoms with Gasteiger partial charge in [-0.25, -0.2) is 0 Å². The average Bonchev–Trinajstić information content (AvgIpc) is 3.09. The highest BCUT2D eigenvalue weighted by molar-refractivity contribution is 5.57. The van der Waals surface area contributed by atoms with Crippen molar-refractivity contribution >= 4 is 12.2 Å². The SMILES string of the molecule is C=C(/C=C/c1ccc(CCCN)c(CCCCCCCCCC)c1)CC(=C)/C=C/c1ccc(CCCN)c(CCCOCCCCC)c1. The van der Waals surface area contributed by atoms with Crippen molar-refractivity contribution in [1.82, 2.24) is 0 Å². The molecule has 2 rings (SSSR count). The molecular formula is C45H70N2O. The molecule has 0 spiro atoms. The number of allylic oxidation sites excluding steroid dienone is 4. The lowest BCUT2D eigenvalue weighted by atomic mass is 9.95. The normalized spacial score (nSPS) is 11.7. The first-order valence-corrected chi connectivity index (χ1v) is 19.4. The maximum absolute atomic E-state index is 5.87. The Morgan fingerprint density at radius 1 is 0.542 bits per heavy atom. The molecule has 4 N–H and O–H groups in total. The molecule has 0 radical (unpaired) electrons. The van der Waals surface area contributed by atoms with Crippen LogP contribution in [0, 0.1) is 0 Å². The highest BCUT2D eigenvalue weighted by atomic mass is 16.5. The molecular weight excluding hydrogens is 585 g/mol. The topological polar surface area (TPSA) is 61.3 Å². The number of aryl methyl sites for hydroxylation is 4. The van der Waals surface area contributed by atoms with Crippen molar-refractivity contribution in [2.75, 3.05) is 26.3 Å². The number of ether oxygens (including phenoxy) is 1. The van der Waals surface area contributed by atoms with Crippen LogP contribution in [0.15, 0.2) is 72.9 Å². The fourth-order valence-electron chi connectivity index (χ4n) is 6.25. The molecule has 2 aromatic rings. The monoisotopic (exact) mass is 655 g/mol. The number of hydrogen-bond acceptors (Lipinski definition) is 3. The van der Waals surface area contributed by atoms with Gasteiger partial charge >= 0.3 is 0 Å². The van der Waals surface area contributed by atoms with Crippen molar-refractivity contribution in [3.63, 3.8) is 0 Å². The standard InChI is InChI=1S/C45H70N2O/c1-5-7-9-10-11-12-13-14-19-44-36-40(27-29-42(44)20-16-31-46)25-23-38(3)35-39(4)24-26-41-28-30-43(21-17-32-47)45(37-41)22-18-34-48-33-15-8-6-2/h23-30,36-37H,3-22,31-35,46-47H2,1-2H3/b25-23+,26-24+. The molecule has 0 fully saturated rings. The van der Waals surface area contributed by atoms with E-state index >= 15 is 0 Å². The van der Waals surface area contributed by atoms with Crippen molar-refractivity contribution in [2.24, 2.45) is 11.5 Å². The molecule has 2 aromatic carbocycles. The molecule has 0 aliphatic rings. The third kappa shape index (κ3) is 18.7. The lowest BCUT2D eigenvalue weighted by Crippen LogP contribution is -2.04. The van der Waals surface area contributed by atoms with E-state index in [1.165, 1.54) is 97.6 Å². The van der Waals surface area contributed by atoms with E-state index < -0.39 is 0 Å². The minimum atomic E-state index is 0.723.